The number of carbonyl (C=O) groups excluding carboxylic acids is 1. The van der Waals surface area contributed by atoms with Crippen LogP contribution in [0, 0.1) is 11.3 Å². The summed E-state index contributed by atoms with van der Waals surface area (Å²) in [4.78, 5) is 24.8. The topological polar surface area (TPSA) is 85.3 Å². The van der Waals surface area contributed by atoms with Gasteiger partial charge in [-0.25, -0.2) is 13.8 Å². The number of halogens is 2. The first-order valence-electron chi connectivity index (χ1n) is 15.4. The second-order valence-corrected chi connectivity index (χ2v) is 13.1. The Balaban J connectivity index is 1.13. The zero-order chi connectivity index (χ0) is 28.0. The number of rotatable bonds is 9. The van der Waals surface area contributed by atoms with Gasteiger partial charge in [0.05, 0.1) is 0 Å². The predicted octanol–water partition coefficient (Wildman–Crippen LogP) is 8.14. The van der Waals surface area contributed by atoms with Gasteiger partial charge in [-0.2, -0.15) is 4.98 Å². The van der Waals surface area contributed by atoms with E-state index in [9.17, 15) is 13.6 Å². The molecule has 0 saturated heterocycles. The molecule has 41 heavy (non-hydrogen) atoms. The third-order valence-electron chi connectivity index (χ3n) is 10.4. The first kappa shape index (κ1) is 26.8. The van der Waals surface area contributed by atoms with Crippen LogP contribution in [-0.2, 0) is 10.2 Å². The van der Waals surface area contributed by atoms with Gasteiger partial charge in [0.15, 0.2) is 5.82 Å². The second-order valence-electron chi connectivity index (χ2n) is 13.1. The number of nitrogens with zero attached hydrogens (tertiary/aromatic N) is 4. The second kappa shape index (κ2) is 10.6. The number of benzene rings is 1. The summed E-state index contributed by atoms with van der Waals surface area (Å²) in [6, 6.07) is 7.46. The molecule has 3 aromatic rings. The molecule has 2 aromatic heterocycles. The van der Waals surface area contributed by atoms with Crippen molar-refractivity contribution in [1.82, 2.24) is 15.1 Å². The third-order valence-corrected chi connectivity index (χ3v) is 10.4. The van der Waals surface area contributed by atoms with E-state index in [1.54, 1.807) is 6.07 Å². The normalized spacial score (nSPS) is 26.5. The van der Waals surface area contributed by atoms with Crippen molar-refractivity contribution in [2.45, 2.75) is 108 Å². The summed E-state index contributed by atoms with van der Waals surface area (Å²) in [5, 5.41) is 4.30. The Kier molecular flexibility index (Phi) is 6.94. The maximum absolute atomic E-state index is 14.0. The van der Waals surface area contributed by atoms with Crippen LogP contribution in [0.5, 0.6) is 0 Å². The highest BCUT2D eigenvalue weighted by Gasteiger charge is 2.53. The molecule has 0 N–H and O–H groups in total. The largest absolute Gasteiger partial charge is 0.444 e. The Bertz CT molecular complexity index is 1370. The van der Waals surface area contributed by atoms with Gasteiger partial charge in [0, 0.05) is 35.5 Å². The van der Waals surface area contributed by atoms with Crippen molar-refractivity contribution in [3.63, 3.8) is 0 Å². The molecule has 0 aliphatic heterocycles. The average Bonchev–Trinajstić information content (AvgIpc) is 3.50. The Hall–Kier alpha value is -3.10. The quantitative estimate of drug-likeness (QED) is 0.261. The summed E-state index contributed by atoms with van der Waals surface area (Å²) >= 11 is 0. The monoisotopic (exact) mass is 564 g/mol. The Labute approximate surface area is 239 Å². The van der Waals surface area contributed by atoms with Crippen LogP contribution in [0.15, 0.2) is 39.5 Å². The van der Waals surface area contributed by atoms with E-state index in [-0.39, 0.29) is 28.3 Å². The molecule has 5 saturated carbocycles. The summed E-state index contributed by atoms with van der Waals surface area (Å²) in [5.74, 6) is 2.89. The van der Waals surface area contributed by atoms with Crippen LogP contribution in [0.1, 0.15) is 120 Å². The number of amides is 1. The van der Waals surface area contributed by atoms with Crippen molar-refractivity contribution >= 4 is 11.6 Å². The summed E-state index contributed by atoms with van der Waals surface area (Å²) in [7, 11) is 0. The molecule has 8 rings (SSSR count). The SMILES string of the molecule is O=C(CC1CCCCC1)N(CC12CCC(c3nc(C4CC4)no3)(CC1)CC2)c1cccc(-c2nc(C(F)F)co2)c1. The van der Waals surface area contributed by atoms with Crippen LogP contribution < -0.4 is 4.90 Å². The van der Waals surface area contributed by atoms with Gasteiger partial charge in [0.25, 0.3) is 6.43 Å². The van der Waals surface area contributed by atoms with Gasteiger partial charge in [0.1, 0.15) is 12.0 Å². The molecule has 5 aliphatic rings. The van der Waals surface area contributed by atoms with Crippen molar-refractivity contribution in [3.8, 4) is 11.5 Å². The maximum atomic E-state index is 14.0. The molecular weight excluding hydrogens is 526 g/mol. The fraction of sp³-hybridized carbons (Fsp3) is 0.625. The number of hydrogen-bond acceptors (Lipinski definition) is 6. The van der Waals surface area contributed by atoms with Crippen molar-refractivity contribution in [2.75, 3.05) is 11.4 Å². The van der Waals surface area contributed by atoms with E-state index in [0.717, 1.165) is 87.9 Å². The molecule has 2 bridgehead atoms. The van der Waals surface area contributed by atoms with Gasteiger partial charge in [-0.3, -0.25) is 4.79 Å². The summed E-state index contributed by atoms with van der Waals surface area (Å²) in [6.07, 6.45) is 13.0. The number of alkyl halides is 2. The highest BCUT2D eigenvalue weighted by molar-refractivity contribution is 5.94. The van der Waals surface area contributed by atoms with Crippen LogP contribution in [0.2, 0.25) is 0 Å². The number of fused-ring (bicyclic) bond motifs is 3. The number of hydrogen-bond donors (Lipinski definition) is 0. The minimum Gasteiger partial charge on any atom is -0.444 e. The zero-order valence-corrected chi connectivity index (χ0v) is 23.5. The lowest BCUT2D eigenvalue weighted by molar-refractivity contribution is -0.120. The number of aromatic nitrogens is 3. The van der Waals surface area contributed by atoms with Crippen LogP contribution in [0.4, 0.5) is 14.5 Å². The molecule has 1 aromatic carbocycles. The molecule has 0 atom stereocenters. The molecule has 5 fully saturated rings. The van der Waals surface area contributed by atoms with E-state index in [0.29, 0.717) is 30.4 Å². The van der Waals surface area contributed by atoms with E-state index in [4.69, 9.17) is 13.9 Å². The molecule has 0 radical (unpaired) electrons. The van der Waals surface area contributed by atoms with E-state index in [2.05, 4.69) is 10.1 Å². The Morgan fingerprint density at radius 2 is 1.76 bits per heavy atom. The first-order valence-corrected chi connectivity index (χ1v) is 15.4. The van der Waals surface area contributed by atoms with Crippen LogP contribution in [0.25, 0.3) is 11.5 Å². The lowest BCUT2D eigenvalue weighted by Gasteiger charge is -2.53. The van der Waals surface area contributed by atoms with Crippen LogP contribution in [0.3, 0.4) is 0 Å². The fourth-order valence-electron chi connectivity index (χ4n) is 7.51. The minimum absolute atomic E-state index is 0.0328. The van der Waals surface area contributed by atoms with Gasteiger partial charge in [-0.05, 0) is 93.7 Å². The van der Waals surface area contributed by atoms with E-state index in [1.165, 1.54) is 19.3 Å². The number of anilines is 1. The molecule has 1 amide bonds. The lowest BCUT2D eigenvalue weighted by Crippen LogP contribution is -2.51. The van der Waals surface area contributed by atoms with Gasteiger partial charge in [-0.15, -0.1) is 0 Å². The fourth-order valence-corrected chi connectivity index (χ4v) is 7.51. The van der Waals surface area contributed by atoms with E-state index in [1.807, 2.05) is 23.1 Å². The van der Waals surface area contributed by atoms with Gasteiger partial charge < -0.3 is 13.8 Å². The number of oxazole rings is 1. The maximum Gasteiger partial charge on any atom is 0.283 e. The summed E-state index contributed by atoms with van der Waals surface area (Å²) in [5.41, 5.74) is 0.990. The summed E-state index contributed by atoms with van der Waals surface area (Å²) in [6.45, 7) is 0.656. The standard InChI is InChI=1S/C32H38F2N4O3/c33-27(34)25-19-40-29(35-25)23-7-4-8-24(18-23)38(26(39)17-21-5-2-1-3-6-21)20-31-11-14-32(15-12-31,16-13-31)30-36-28(37-41-30)22-9-10-22/h4,7-8,18-19,21-22,27H,1-3,5-6,9-17,20H2. The van der Waals surface area contributed by atoms with Gasteiger partial charge >= 0.3 is 0 Å². The Morgan fingerprint density at radius 1 is 1.00 bits per heavy atom. The van der Waals surface area contributed by atoms with Crippen molar-refractivity contribution < 1.29 is 22.5 Å². The van der Waals surface area contributed by atoms with Gasteiger partial charge in [0.2, 0.25) is 17.7 Å². The van der Waals surface area contributed by atoms with Crippen molar-refractivity contribution in [1.29, 1.82) is 0 Å². The predicted molar refractivity (Wildman–Crippen MR) is 149 cm³/mol. The number of carbonyl (C=O) groups is 1. The van der Waals surface area contributed by atoms with E-state index < -0.39 is 6.43 Å². The van der Waals surface area contributed by atoms with Gasteiger partial charge in [-0.1, -0.05) is 30.5 Å². The van der Waals surface area contributed by atoms with Crippen LogP contribution >= 0.6 is 0 Å². The molecular formula is C32H38F2N4O3. The molecule has 5 aliphatic carbocycles. The zero-order valence-electron chi connectivity index (χ0n) is 23.5. The first-order chi connectivity index (χ1) is 19.9. The molecule has 218 valence electrons. The smallest absolute Gasteiger partial charge is 0.283 e. The third kappa shape index (κ3) is 5.32. The van der Waals surface area contributed by atoms with Crippen LogP contribution in [-0.4, -0.2) is 27.6 Å². The minimum atomic E-state index is -2.69. The molecule has 7 nitrogen and oxygen atoms in total. The molecule has 2 heterocycles. The molecule has 0 spiro atoms. The van der Waals surface area contributed by atoms with Crippen molar-refractivity contribution in [3.05, 3.63) is 47.9 Å². The highest BCUT2D eigenvalue weighted by Crippen LogP contribution is 2.58. The summed E-state index contributed by atoms with van der Waals surface area (Å²) < 4.78 is 37.5. The molecule has 0 unspecified atom stereocenters. The highest BCUT2D eigenvalue weighted by atomic mass is 19.3. The molecule has 9 heteroatoms. The average molecular weight is 565 g/mol. The van der Waals surface area contributed by atoms with Crippen molar-refractivity contribution in [2.24, 2.45) is 11.3 Å². The lowest BCUT2D eigenvalue weighted by atomic mass is 9.53. The Morgan fingerprint density at radius 3 is 2.44 bits per heavy atom. The van der Waals surface area contributed by atoms with E-state index >= 15 is 0 Å².